The highest BCUT2D eigenvalue weighted by Gasteiger charge is 2.24. The van der Waals surface area contributed by atoms with Gasteiger partial charge < -0.3 is 15.1 Å². The number of nitrogens with zero attached hydrogens (tertiary/aromatic N) is 1. The van der Waals surface area contributed by atoms with Crippen molar-refractivity contribution >= 4 is 5.78 Å². The summed E-state index contributed by atoms with van der Waals surface area (Å²) in [5, 5.41) is 18.1. The van der Waals surface area contributed by atoms with E-state index in [9.17, 15) is 9.90 Å². The Balaban J connectivity index is 2.25. The molecule has 0 aromatic heterocycles. The van der Waals surface area contributed by atoms with E-state index in [0.717, 1.165) is 32.4 Å². The van der Waals surface area contributed by atoms with Crippen molar-refractivity contribution in [2.75, 3.05) is 26.2 Å². The smallest absolute Gasteiger partial charge is 0.136 e. The lowest BCUT2D eigenvalue weighted by atomic mass is 9.90. The molecule has 4 nitrogen and oxygen atoms in total. The molecule has 1 saturated heterocycles. The van der Waals surface area contributed by atoms with Crippen molar-refractivity contribution in [3.05, 3.63) is 0 Å². The molecule has 1 fully saturated rings. The van der Waals surface area contributed by atoms with Gasteiger partial charge in [0.2, 0.25) is 0 Å². The monoisotopic (exact) mass is 229 g/mol. The van der Waals surface area contributed by atoms with Crippen molar-refractivity contribution in [1.29, 1.82) is 0 Å². The van der Waals surface area contributed by atoms with Gasteiger partial charge in [0.25, 0.3) is 0 Å². The van der Waals surface area contributed by atoms with Crippen LogP contribution in [0.2, 0.25) is 0 Å². The fourth-order valence-corrected chi connectivity index (χ4v) is 2.24. The van der Waals surface area contributed by atoms with Crippen LogP contribution in [0, 0.1) is 5.92 Å². The normalized spacial score (nSPS) is 20.9. The zero-order valence-corrected chi connectivity index (χ0v) is 10.1. The number of hydrogen-bond donors (Lipinski definition) is 2. The highest BCUT2D eigenvalue weighted by atomic mass is 16.3. The molecule has 94 valence electrons. The summed E-state index contributed by atoms with van der Waals surface area (Å²) in [7, 11) is 0. The minimum atomic E-state index is -0.650. The van der Waals surface area contributed by atoms with Gasteiger partial charge in [0.05, 0.1) is 12.7 Å². The van der Waals surface area contributed by atoms with E-state index < -0.39 is 6.10 Å². The lowest BCUT2D eigenvalue weighted by Crippen LogP contribution is -2.41. The molecule has 1 aliphatic rings. The van der Waals surface area contributed by atoms with Crippen LogP contribution >= 0.6 is 0 Å². The highest BCUT2D eigenvalue weighted by molar-refractivity contribution is 5.81. The maximum atomic E-state index is 11.7. The largest absolute Gasteiger partial charge is 0.394 e. The van der Waals surface area contributed by atoms with E-state index in [2.05, 4.69) is 4.90 Å². The average Bonchev–Trinajstić information content (AvgIpc) is 2.30. The third-order valence-electron chi connectivity index (χ3n) is 3.22. The van der Waals surface area contributed by atoms with Gasteiger partial charge in [0.1, 0.15) is 5.78 Å². The van der Waals surface area contributed by atoms with Gasteiger partial charge in [-0.1, -0.05) is 6.92 Å². The van der Waals surface area contributed by atoms with Crippen LogP contribution in [0.25, 0.3) is 0 Å². The number of aliphatic hydroxyl groups is 2. The molecule has 1 aliphatic heterocycles. The van der Waals surface area contributed by atoms with E-state index in [-0.39, 0.29) is 12.5 Å². The molecule has 0 saturated carbocycles. The Morgan fingerprint density at radius 3 is 2.56 bits per heavy atom. The zero-order chi connectivity index (χ0) is 12.0. The second kappa shape index (κ2) is 6.99. The average molecular weight is 229 g/mol. The molecule has 0 aromatic rings. The Morgan fingerprint density at radius 1 is 1.44 bits per heavy atom. The lowest BCUT2D eigenvalue weighted by Gasteiger charge is -2.32. The molecular formula is C12H23NO3. The first-order valence-electron chi connectivity index (χ1n) is 6.21. The molecule has 0 aliphatic carbocycles. The van der Waals surface area contributed by atoms with E-state index in [1.807, 2.05) is 6.92 Å². The van der Waals surface area contributed by atoms with Gasteiger partial charge in [-0.3, -0.25) is 4.79 Å². The topological polar surface area (TPSA) is 60.8 Å². The van der Waals surface area contributed by atoms with Crippen molar-refractivity contribution in [2.24, 2.45) is 5.92 Å². The van der Waals surface area contributed by atoms with Crippen molar-refractivity contribution < 1.29 is 15.0 Å². The standard InChI is InChI=1S/C12H23NO3/c1-2-3-12(16)10-4-6-13(7-5-10)8-11(15)9-14/h10-11,14-15H,2-9H2,1H3/t11-/m1/s1. The number of Topliss-reactive ketones (excluding diaryl/α,β-unsaturated/α-hetero) is 1. The molecule has 4 heteroatoms. The Morgan fingerprint density at radius 2 is 2.06 bits per heavy atom. The van der Waals surface area contributed by atoms with Gasteiger partial charge in [-0.25, -0.2) is 0 Å². The number of aliphatic hydroxyl groups excluding tert-OH is 2. The van der Waals surface area contributed by atoms with E-state index in [0.29, 0.717) is 18.7 Å². The molecule has 1 atom stereocenters. The van der Waals surface area contributed by atoms with Crippen molar-refractivity contribution in [1.82, 2.24) is 4.90 Å². The first kappa shape index (κ1) is 13.6. The summed E-state index contributed by atoms with van der Waals surface area (Å²) in [5.74, 6) is 0.618. The number of ketones is 1. The first-order valence-corrected chi connectivity index (χ1v) is 6.21. The summed E-state index contributed by atoms with van der Waals surface area (Å²) in [4.78, 5) is 13.8. The van der Waals surface area contributed by atoms with Crippen LogP contribution in [0.3, 0.4) is 0 Å². The number of carbonyl (C=O) groups excluding carboxylic acids is 1. The minimum Gasteiger partial charge on any atom is -0.394 e. The summed E-state index contributed by atoms with van der Waals surface area (Å²) >= 11 is 0. The molecule has 0 aromatic carbocycles. The molecule has 16 heavy (non-hydrogen) atoms. The third-order valence-corrected chi connectivity index (χ3v) is 3.22. The van der Waals surface area contributed by atoms with Crippen LogP contribution in [0.5, 0.6) is 0 Å². The van der Waals surface area contributed by atoms with Gasteiger partial charge in [0.15, 0.2) is 0 Å². The quantitative estimate of drug-likeness (QED) is 0.693. The molecule has 0 unspecified atom stereocenters. The van der Waals surface area contributed by atoms with Crippen molar-refractivity contribution in [3.8, 4) is 0 Å². The van der Waals surface area contributed by atoms with Gasteiger partial charge >= 0.3 is 0 Å². The lowest BCUT2D eigenvalue weighted by molar-refractivity contribution is -0.124. The predicted octanol–water partition coefficient (Wildman–Crippen LogP) is 0.421. The van der Waals surface area contributed by atoms with Crippen molar-refractivity contribution in [2.45, 2.75) is 38.7 Å². The van der Waals surface area contributed by atoms with E-state index in [1.54, 1.807) is 0 Å². The van der Waals surface area contributed by atoms with Crippen molar-refractivity contribution in [3.63, 3.8) is 0 Å². The van der Waals surface area contributed by atoms with E-state index in [1.165, 1.54) is 0 Å². The van der Waals surface area contributed by atoms with Crippen LogP contribution in [0.4, 0.5) is 0 Å². The molecule has 1 rings (SSSR count). The fourth-order valence-electron chi connectivity index (χ4n) is 2.24. The molecular weight excluding hydrogens is 206 g/mol. The Bertz CT molecular complexity index is 212. The summed E-state index contributed by atoms with van der Waals surface area (Å²) in [6.45, 7) is 4.08. The number of hydrogen-bond acceptors (Lipinski definition) is 4. The number of rotatable bonds is 6. The predicted molar refractivity (Wildman–Crippen MR) is 62.2 cm³/mol. The number of likely N-dealkylation sites (tertiary alicyclic amines) is 1. The molecule has 2 N–H and O–H groups in total. The van der Waals surface area contributed by atoms with Crippen LogP contribution in [-0.4, -0.2) is 53.2 Å². The Hall–Kier alpha value is -0.450. The van der Waals surface area contributed by atoms with Gasteiger partial charge in [-0.05, 0) is 32.4 Å². The van der Waals surface area contributed by atoms with Gasteiger partial charge in [-0.2, -0.15) is 0 Å². The summed E-state index contributed by atoms with van der Waals surface area (Å²) in [5.41, 5.74) is 0. The van der Waals surface area contributed by atoms with Crippen LogP contribution in [0.1, 0.15) is 32.6 Å². The molecule has 0 amide bonds. The zero-order valence-electron chi connectivity index (χ0n) is 10.1. The maximum absolute atomic E-state index is 11.7. The van der Waals surface area contributed by atoms with E-state index in [4.69, 9.17) is 5.11 Å². The van der Waals surface area contributed by atoms with Crippen LogP contribution in [0.15, 0.2) is 0 Å². The number of carbonyl (C=O) groups is 1. The second-order valence-corrected chi connectivity index (χ2v) is 4.63. The molecule has 0 radical (unpaired) electrons. The number of piperidine rings is 1. The third kappa shape index (κ3) is 4.20. The Labute approximate surface area is 97.3 Å². The summed E-state index contributed by atoms with van der Waals surface area (Å²) < 4.78 is 0. The van der Waals surface area contributed by atoms with Gasteiger partial charge in [0, 0.05) is 18.9 Å². The minimum absolute atomic E-state index is 0.186. The highest BCUT2D eigenvalue weighted by Crippen LogP contribution is 2.19. The second-order valence-electron chi connectivity index (χ2n) is 4.63. The van der Waals surface area contributed by atoms with Gasteiger partial charge in [-0.15, -0.1) is 0 Å². The number of β-amino-alcohol motifs (C(OH)–C–C–N with tert-alkyl or cyclic N) is 1. The van der Waals surface area contributed by atoms with Crippen LogP contribution < -0.4 is 0 Å². The SMILES string of the molecule is CCCC(=O)C1CCN(C[C@@H](O)CO)CC1. The Kier molecular flexibility index (Phi) is 5.95. The van der Waals surface area contributed by atoms with E-state index >= 15 is 0 Å². The first-order chi connectivity index (χ1) is 7.67. The molecule has 1 heterocycles. The maximum Gasteiger partial charge on any atom is 0.136 e. The summed E-state index contributed by atoms with van der Waals surface area (Å²) in [6.07, 6.45) is 2.78. The fraction of sp³-hybridized carbons (Fsp3) is 0.917. The summed E-state index contributed by atoms with van der Waals surface area (Å²) in [6, 6.07) is 0. The molecule has 0 bridgehead atoms. The van der Waals surface area contributed by atoms with Crippen LogP contribution in [-0.2, 0) is 4.79 Å². The molecule has 0 spiro atoms.